The van der Waals surface area contributed by atoms with E-state index in [1.807, 2.05) is 0 Å². The molecule has 15 heavy (non-hydrogen) atoms. The number of nitrogens with two attached hydrogens (primary N) is 1. The van der Waals surface area contributed by atoms with Crippen molar-refractivity contribution in [2.75, 3.05) is 26.8 Å². The van der Waals surface area contributed by atoms with Crippen molar-refractivity contribution in [2.45, 2.75) is 45.2 Å². The van der Waals surface area contributed by atoms with Crippen molar-refractivity contribution in [3.63, 3.8) is 0 Å². The highest BCUT2D eigenvalue weighted by atomic mass is 16.5. The lowest BCUT2D eigenvalue weighted by Crippen LogP contribution is -2.39. The molecule has 0 amide bonds. The maximum absolute atomic E-state index is 5.96. The van der Waals surface area contributed by atoms with Gasteiger partial charge in [-0.25, -0.2) is 0 Å². The molecule has 3 nitrogen and oxygen atoms in total. The van der Waals surface area contributed by atoms with E-state index >= 15 is 0 Å². The summed E-state index contributed by atoms with van der Waals surface area (Å²) in [4.78, 5) is 2.56. The first-order valence-electron chi connectivity index (χ1n) is 6.12. The topological polar surface area (TPSA) is 38.5 Å². The largest absolute Gasteiger partial charge is 0.383 e. The Morgan fingerprint density at radius 1 is 1.40 bits per heavy atom. The van der Waals surface area contributed by atoms with Gasteiger partial charge in [0.2, 0.25) is 0 Å². The van der Waals surface area contributed by atoms with Gasteiger partial charge in [-0.3, -0.25) is 4.90 Å². The summed E-state index contributed by atoms with van der Waals surface area (Å²) in [6.07, 6.45) is 3.61. The fourth-order valence-electron chi connectivity index (χ4n) is 2.42. The Morgan fingerprint density at radius 3 is 2.60 bits per heavy atom. The third kappa shape index (κ3) is 4.49. The van der Waals surface area contributed by atoms with Gasteiger partial charge in [0.1, 0.15) is 0 Å². The maximum Gasteiger partial charge on any atom is 0.0589 e. The number of rotatable bonds is 6. The fraction of sp³-hybridized carbons (Fsp3) is 1.00. The van der Waals surface area contributed by atoms with Crippen LogP contribution in [0.2, 0.25) is 0 Å². The molecule has 0 saturated heterocycles. The summed E-state index contributed by atoms with van der Waals surface area (Å²) in [5.41, 5.74) is 5.96. The molecule has 0 aromatic heterocycles. The summed E-state index contributed by atoms with van der Waals surface area (Å²) in [5.74, 6) is 0.721. The Balaban J connectivity index is 2.40. The molecule has 1 saturated carbocycles. The predicted octanol–water partition coefficient (Wildman–Crippen LogP) is 1.47. The highest BCUT2D eigenvalue weighted by Crippen LogP contribution is 2.23. The zero-order chi connectivity index (χ0) is 11.3. The SMILES string of the molecule is COCCN(CC(C)C)C1CCC(N)C1. The minimum Gasteiger partial charge on any atom is -0.383 e. The monoisotopic (exact) mass is 214 g/mol. The van der Waals surface area contributed by atoms with Crippen molar-refractivity contribution in [1.82, 2.24) is 4.90 Å². The van der Waals surface area contributed by atoms with Gasteiger partial charge < -0.3 is 10.5 Å². The Bertz CT molecular complexity index is 173. The van der Waals surface area contributed by atoms with Gasteiger partial charge in [0, 0.05) is 32.3 Å². The van der Waals surface area contributed by atoms with E-state index in [4.69, 9.17) is 10.5 Å². The molecule has 0 aliphatic heterocycles. The summed E-state index contributed by atoms with van der Waals surface area (Å²) in [6, 6.07) is 1.12. The molecule has 3 heteroatoms. The first-order valence-corrected chi connectivity index (χ1v) is 6.12. The third-order valence-electron chi connectivity index (χ3n) is 3.14. The number of hydrogen-bond donors (Lipinski definition) is 1. The Kier molecular flexibility index (Phi) is 5.58. The second-order valence-electron chi connectivity index (χ2n) is 5.11. The lowest BCUT2D eigenvalue weighted by molar-refractivity contribution is 0.111. The first-order chi connectivity index (χ1) is 7.13. The fourth-order valence-corrected chi connectivity index (χ4v) is 2.42. The summed E-state index contributed by atoms with van der Waals surface area (Å²) in [6.45, 7) is 7.59. The smallest absolute Gasteiger partial charge is 0.0589 e. The molecule has 0 aromatic carbocycles. The van der Waals surface area contributed by atoms with Crippen LogP contribution in [0.5, 0.6) is 0 Å². The van der Waals surface area contributed by atoms with Crippen molar-refractivity contribution < 1.29 is 4.74 Å². The maximum atomic E-state index is 5.96. The molecule has 0 radical (unpaired) electrons. The Hall–Kier alpha value is -0.120. The van der Waals surface area contributed by atoms with Gasteiger partial charge in [0.25, 0.3) is 0 Å². The summed E-state index contributed by atoms with van der Waals surface area (Å²) < 4.78 is 5.17. The molecule has 90 valence electrons. The van der Waals surface area contributed by atoms with Gasteiger partial charge in [-0.05, 0) is 25.2 Å². The molecule has 1 aliphatic carbocycles. The van der Waals surface area contributed by atoms with Gasteiger partial charge in [-0.1, -0.05) is 13.8 Å². The number of nitrogens with zero attached hydrogens (tertiary/aromatic N) is 1. The van der Waals surface area contributed by atoms with Gasteiger partial charge in [-0.2, -0.15) is 0 Å². The van der Waals surface area contributed by atoms with Crippen LogP contribution in [0.4, 0.5) is 0 Å². The van der Waals surface area contributed by atoms with Crippen molar-refractivity contribution >= 4 is 0 Å². The number of methoxy groups -OCH3 is 1. The van der Waals surface area contributed by atoms with Crippen LogP contribution in [-0.2, 0) is 4.74 Å². The average molecular weight is 214 g/mol. The normalized spacial score (nSPS) is 26.8. The van der Waals surface area contributed by atoms with E-state index in [9.17, 15) is 0 Å². The predicted molar refractivity (Wildman–Crippen MR) is 63.9 cm³/mol. The third-order valence-corrected chi connectivity index (χ3v) is 3.14. The second kappa shape index (κ2) is 6.46. The molecule has 2 unspecified atom stereocenters. The van der Waals surface area contributed by atoms with Crippen LogP contribution in [0, 0.1) is 5.92 Å². The van der Waals surface area contributed by atoms with E-state index in [1.165, 1.54) is 19.4 Å². The summed E-state index contributed by atoms with van der Waals surface area (Å²) in [5, 5.41) is 0. The van der Waals surface area contributed by atoms with Crippen LogP contribution in [-0.4, -0.2) is 43.8 Å². The molecular weight excluding hydrogens is 188 g/mol. The van der Waals surface area contributed by atoms with E-state index in [0.29, 0.717) is 12.1 Å². The molecule has 0 aromatic rings. The molecule has 2 atom stereocenters. The van der Waals surface area contributed by atoms with Crippen LogP contribution >= 0.6 is 0 Å². The van der Waals surface area contributed by atoms with E-state index in [0.717, 1.165) is 25.5 Å². The highest BCUT2D eigenvalue weighted by molar-refractivity contribution is 4.85. The van der Waals surface area contributed by atoms with E-state index in [1.54, 1.807) is 7.11 Å². The lowest BCUT2D eigenvalue weighted by Gasteiger charge is -2.30. The summed E-state index contributed by atoms with van der Waals surface area (Å²) >= 11 is 0. The zero-order valence-corrected chi connectivity index (χ0v) is 10.4. The van der Waals surface area contributed by atoms with Gasteiger partial charge in [0.15, 0.2) is 0 Å². The molecule has 0 bridgehead atoms. The molecule has 0 spiro atoms. The highest BCUT2D eigenvalue weighted by Gasteiger charge is 2.27. The van der Waals surface area contributed by atoms with Crippen LogP contribution in [0.15, 0.2) is 0 Å². The molecule has 1 aliphatic rings. The Morgan fingerprint density at radius 2 is 2.13 bits per heavy atom. The van der Waals surface area contributed by atoms with Crippen molar-refractivity contribution in [2.24, 2.45) is 11.7 Å². The standard InChI is InChI=1S/C12H26N2O/c1-10(2)9-14(6-7-15-3)12-5-4-11(13)8-12/h10-12H,4-9,13H2,1-3H3. The van der Waals surface area contributed by atoms with Crippen molar-refractivity contribution in [3.8, 4) is 0 Å². The number of ether oxygens (including phenoxy) is 1. The quantitative estimate of drug-likeness (QED) is 0.727. The van der Waals surface area contributed by atoms with E-state index in [2.05, 4.69) is 18.7 Å². The molecule has 0 heterocycles. The van der Waals surface area contributed by atoms with Crippen LogP contribution < -0.4 is 5.73 Å². The molecule has 1 rings (SSSR count). The second-order valence-corrected chi connectivity index (χ2v) is 5.11. The lowest BCUT2D eigenvalue weighted by atomic mass is 10.1. The number of hydrogen-bond acceptors (Lipinski definition) is 3. The minimum absolute atomic E-state index is 0.423. The van der Waals surface area contributed by atoms with Gasteiger partial charge in [-0.15, -0.1) is 0 Å². The first kappa shape index (κ1) is 12.9. The molecule has 2 N–H and O–H groups in total. The summed E-state index contributed by atoms with van der Waals surface area (Å²) in [7, 11) is 1.77. The minimum atomic E-state index is 0.423. The Labute approximate surface area is 94.0 Å². The van der Waals surface area contributed by atoms with Gasteiger partial charge in [0.05, 0.1) is 6.61 Å². The van der Waals surface area contributed by atoms with Crippen LogP contribution in [0.3, 0.4) is 0 Å². The van der Waals surface area contributed by atoms with Crippen LogP contribution in [0.1, 0.15) is 33.1 Å². The van der Waals surface area contributed by atoms with E-state index < -0.39 is 0 Å². The van der Waals surface area contributed by atoms with Crippen LogP contribution in [0.25, 0.3) is 0 Å². The van der Waals surface area contributed by atoms with Crippen molar-refractivity contribution in [1.29, 1.82) is 0 Å². The van der Waals surface area contributed by atoms with E-state index in [-0.39, 0.29) is 0 Å². The zero-order valence-electron chi connectivity index (χ0n) is 10.4. The van der Waals surface area contributed by atoms with Gasteiger partial charge >= 0.3 is 0 Å². The molecule has 1 fully saturated rings. The molecular formula is C12H26N2O. The van der Waals surface area contributed by atoms with Crippen molar-refractivity contribution in [3.05, 3.63) is 0 Å². The average Bonchev–Trinajstić information content (AvgIpc) is 2.58.